The smallest absolute Gasteiger partial charge is 0.336 e. The standard InChI is InChI=1S/C13H12O5/c1-7-6-12(14)17-13-8(2)11(5-4-10(7)13)16-9(3)18-15/h4-6,15H,3H2,1-2H3. The van der Waals surface area contributed by atoms with Crippen molar-refractivity contribution in [2.75, 3.05) is 0 Å². The van der Waals surface area contributed by atoms with Crippen LogP contribution in [0.15, 0.2) is 39.9 Å². The van der Waals surface area contributed by atoms with Crippen LogP contribution >= 0.6 is 0 Å². The van der Waals surface area contributed by atoms with Crippen LogP contribution < -0.4 is 10.4 Å². The summed E-state index contributed by atoms with van der Waals surface area (Å²) in [4.78, 5) is 15.2. The second-order valence-corrected chi connectivity index (χ2v) is 3.88. The molecule has 0 bridgehead atoms. The number of ether oxygens (including phenoxy) is 1. The highest BCUT2D eigenvalue weighted by Crippen LogP contribution is 2.29. The SMILES string of the molecule is C=C(OO)Oc1ccc2c(C)cc(=O)oc2c1C. The van der Waals surface area contributed by atoms with Gasteiger partial charge >= 0.3 is 11.6 Å². The molecule has 0 amide bonds. The van der Waals surface area contributed by atoms with Gasteiger partial charge < -0.3 is 14.0 Å². The average molecular weight is 248 g/mol. The van der Waals surface area contributed by atoms with Gasteiger partial charge in [0.1, 0.15) is 11.3 Å². The van der Waals surface area contributed by atoms with E-state index in [1.807, 2.05) is 6.92 Å². The molecule has 0 saturated heterocycles. The topological polar surface area (TPSA) is 68.9 Å². The highest BCUT2D eigenvalue weighted by molar-refractivity contribution is 5.84. The summed E-state index contributed by atoms with van der Waals surface area (Å²) in [6.45, 7) is 6.91. The minimum atomic E-state index is -0.419. The number of aryl methyl sites for hydroxylation is 2. The van der Waals surface area contributed by atoms with Crippen LogP contribution in [-0.2, 0) is 4.89 Å². The zero-order valence-electron chi connectivity index (χ0n) is 10.0. The van der Waals surface area contributed by atoms with E-state index in [-0.39, 0.29) is 5.95 Å². The number of hydrogen-bond acceptors (Lipinski definition) is 5. The lowest BCUT2D eigenvalue weighted by atomic mass is 10.1. The molecule has 1 aromatic carbocycles. The molecule has 0 aliphatic heterocycles. The van der Waals surface area contributed by atoms with Gasteiger partial charge in [0.05, 0.1) is 0 Å². The number of benzene rings is 1. The molecule has 0 unspecified atom stereocenters. The van der Waals surface area contributed by atoms with Crippen molar-refractivity contribution in [1.82, 2.24) is 0 Å². The molecule has 2 aromatic rings. The maximum Gasteiger partial charge on any atom is 0.336 e. The molecule has 0 aliphatic rings. The Morgan fingerprint density at radius 3 is 2.78 bits per heavy atom. The molecule has 2 rings (SSSR count). The fourth-order valence-electron chi connectivity index (χ4n) is 1.75. The first-order chi connectivity index (χ1) is 8.52. The lowest BCUT2D eigenvalue weighted by Gasteiger charge is -2.10. The van der Waals surface area contributed by atoms with E-state index >= 15 is 0 Å². The van der Waals surface area contributed by atoms with E-state index in [0.717, 1.165) is 10.9 Å². The molecule has 0 spiro atoms. The molecule has 94 valence electrons. The summed E-state index contributed by atoms with van der Waals surface area (Å²) >= 11 is 0. The zero-order valence-corrected chi connectivity index (χ0v) is 10.0. The quantitative estimate of drug-likeness (QED) is 0.391. The van der Waals surface area contributed by atoms with Crippen molar-refractivity contribution in [3.63, 3.8) is 0 Å². The van der Waals surface area contributed by atoms with E-state index in [9.17, 15) is 4.79 Å². The molecule has 0 atom stereocenters. The van der Waals surface area contributed by atoms with E-state index in [2.05, 4.69) is 11.5 Å². The third-order valence-electron chi connectivity index (χ3n) is 2.64. The van der Waals surface area contributed by atoms with Gasteiger partial charge in [-0.1, -0.05) is 0 Å². The van der Waals surface area contributed by atoms with Crippen LogP contribution in [0.1, 0.15) is 11.1 Å². The predicted octanol–water partition coefficient (Wildman–Crippen LogP) is 2.75. The van der Waals surface area contributed by atoms with Gasteiger partial charge in [0.25, 0.3) is 0 Å². The summed E-state index contributed by atoms with van der Waals surface area (Å²) in [7, 11) is 0. The van der Waals surface area contributed by atoms with Crippen molar-refractivity contribution >= 4 is 11.0 Å². The molecule has 0 aliphatic carbocycles. The van der Waals surface area contributed by atoms with Crippen molar-refractivity contribution < 1.29 is 19.3 Å². The number of fused-ring (bicyclic) bond motifs is 1. The van der Waals surface area contributed by atoms with E-state index in [4.69, 9.17) is 14.4 Å². The first kappa shape index (κ1) is 12.2. The molecule has 18 heavy (non-hydrogen) atoms. The molecule has 5 nitrogen and oxygen atoms in total. The summed E-state index contributed by atoms with van der Waals surface area (Å²) in [6.07, 6.45) is 0. The first-order valence-corrected chi connectivity index (χ1v) is 5.25. The maximum atomic E-state index is 11.4. The first-order valence-electron chi connectivity index (χ1n) is 5.25. The zero-order chi connectivity index (χ0) is 13.3. The van der Waals surface area contributed by atoms with Crippen LogP contribution in [0, 0.1) is 13.8 Å². The van der Waals surface area contributed by atoms with E-state index in [1.54, 1.807) is 19.1 Å². The van der Waals surface area contributed by atoms with Crippen molar-refractivity contribution in [1.29, 1.82) is 0 Å². The Balaban J connectivity index is 2.63. The molecule has 0 saturated carbocycles. The normalized spacial score (nSPS) is 10.4. The highest BCUT2D eigenvalue weighted by Gasteiger charge is 2.11. The van der Waals surface area contributed by atoms with Gasteiger partial charge in [-0.15, -0.1) is 0 Å². The van der Waals surface area contributed by atoms with Crippen molar-refractivity contribution in [2.45, 2.75) is 13.8 Å². The van der Waals surface area contributed by atoms with Crippen LogP contribution in [-0.4, -0.2) is 5.26 Å². The fraction of sp³-hybridized carbons (Fsp3) is 0.154. The summed E-state index contributed by atoms with van der Waals surface area (Å²) in [5, 5.41) is 9.22. The Hall–Kier alpha value is -2.27. The average Bonchev–Trinajstić information content (AvgIpc) is 2.33. The third kappa shape index (κ3) is 2.08. The Kier molecular flexibility index (Phi) is 3.08. The summed E-state index contributed by atoms with van der Waals surface area (Å²) in [5.41, 5.74) is 1.49. The number of hydrogen-bond donors (Lipinski definition) is 1. The van der Waals surface area contributed by atoms with Crippen molar-refractivity contribution in [3.8, 4) is 5.75 Å². The Morgan fingerprint density at radius 1 is 1.39 bits per heavy atom. The van der Waals surface area contributed by atoms with Crippen molar-refractivity contribution in [2.24, 2.45) is 0 Å². The molecular weight excluding hydrogens is 236 g/mol. The van der Waals surface area contributed by atoms with E-state index in [0.29, 0.717) is 16.9 Å². The van der Waals surface area contributed by atoms with Gasteiger partial charge in [-0.3, -0.25) is 0 Å². The highest BCUT2D eigenvalue weighted by atomic mass is 17.1. The summed E-state index contributed by atoms with van der Waals surface area (Å²) in [6, 6.07) is 4.88. The molecule has 0 radical (unpaired) electrons. The molecule has 5 heteroatoms. The van der Waals surface area contributed by atoms with Crippen LogP contribution in [0.5, 0.6) is 5.75 Å². The van der Waals surface area contributed by atoms with Crippen LogP contribution in [0.3, 0.4) is 0 Å². The molecule has 1 heterocycles. The lowest BCUT2D eigenvalue weighted by molar-refractivity contribution is -0.230. The van der Waals surface area contributed by atoms with Crippen molar-refractivity contribution in [3.05, 3.63) is 52.3 Å². The van der Waals surface area contributed by atoms with Crippen LogP contribution in [0.25, 0.3) is 11.0 Å². The largest absolute Gasteiger partial charge is 0.424 e. The van der Waals surface area contributed by atoms with Gasteiger partial charge in [-0.05, 0) is 38.1 Å². The van der Waals surface area contributed by atoms with Gasteiger partial charge in [-0.25, -0.2) is 4.79 Å². The molecule has 1 aromatic heterocycles. The Labute approximate surface area is 103 Å². The Morgan fingerprint density at radius 2 is 2.11 bits per heavy atom. The lowest BCUT2D eigenvalue weighted by Crippen LogP contribution is -2.01. The second kappa shape index (κ2) is 4.54. The number of rotatable bonds is 3. The third-order valence-corrected chi connectivity index (χ3v) is 2.64. The molecule has 1 N–H and O–H groups in total. The minimum absolute atomic E-state index is 0.257. The Bertz CT molecular complexity index is 669. The maximum absolute atomic E-state index is 11.4. The summed E-state index contributed by atoms with van der Waals surface area (Å²) in [5.74, 6) is 0.141. The minimum Gasteiger partial charge on any atom is -0.424 e. The molecular formula is C13H12O5. The van der Waals surface area contributed by atoms with Crippen LogP contribution in [0.2, 0.25) is 0 Å². The van der Waals surface area contributed by atoms with E-state index in [1.165, 1.54) is 6.07 Å². The van der Waals surface area contributed by atoms with Gasteiger partial charge in [0.15, 0.2) is 0 Å². The summed E-state index contributed by atoms with van der Waals surface area (Å²) < 4.78 is 10.3. The second-order valence-electron chi connectivity index (χ2n) is 3.88. The van der Waals surface area contributed by atoms with Gasteiger partial charge in [-0.2, -0.15) is 5.26 Å². The predicted molar refractivity (Wildman–Crippen MR) is 65.4 cm³/mol. The van der Waals surface area contributed by atoms with Crippen LogP contribution in [0.4, 0.5) is 0 Å². The monoisotopic (exact) mass is 248 g/mol. The molecule has 0 fully saturated rings. The van der Waals surface area contributed by atoms with Gasteiger partial charge in [0, 0.05) is 17.0 Å². The fourth-order valence-corrected chi connectivity index (χ4v) is 1.75. The van der Waals surface area contributed by atoms with Gasteiger partial charge in [0.2, 0.25) is 0 Å². The van der Waals surface area contributed by atoms with E-state index < -0.39 is 5.63 Å².